The first-order valence-corrected chi connectivity index (χ1v) is 8.54. The summed E-state index contributed by atoms with van der Waals surface area (Å²) < 4.78 is 0. The highest BCUT2D eigenvalue weighted by Crippen LogP contribution is 2.24. The number of phenolic OH excluding ortho intramolecular Hbond substituents is 1. The van der Waals surface area contributed by atoms with E-state index in [0.717, 1.165) is 35.7 Å². The number of aromatic amines is 1. The molecule has 134 valence electrons. The minimum Gasteiger partial charge on any atom is -0.508 e. The van der Waals surface area contributed by atoms with Crippen LogP contribution in [0.2, 0.25) is 0 Å². The van der Waals surface area contributed by atoms with Gasteiger partial charge in [-0.3, -0.25) is 0 Å². The fraction of sp³-hybridized carbons (Fsp3) is 0.444. The molecule has 2 atom stereocenters. The van der Waals surface area contributed by atoms with Crippen LogP contribution in [0.25, 0.3) is 10.9 Å². The second-order valence-electron chi connectivity index (χ2n) is 6.63. The minimum atomic E-state index is -1.08. The summed E-state index contributed by atoms with van der Waals surface area (Å²) in [6, 6.07) is 3.65. The fourth-order valence-electron chi connectivity index (χ4n) is 3.39. The Hall–Kier alpha value is -2.70. The number of H-pyrrole nitrogens is 1. The Morgan fingerprint density at radius 3 is 2.92 bits per heavy atom. The first kappa shape index (κ1) is 17.1. The van der Waals surface area contributed by atoms with Gasteiger partial charge in [-0.2, -0.15) is 0 Å². The third kappa shape index (κ3) is 3.70. The van der Waals surface area contributed by atoms with Crippen molar-refractivity contribution in [3.8, 4) is 5.75 Å². The molecule has 7 nitrogen and oxygen atoms in total. The SMILES string of the molecule is CC1CCCCN1C(=O)N[C@@H](Cc1c[nH]c2ccc(O)cc12)C(=O)O. The molecule has 0 bridgehead atoms. The number of nitrogens with zero attached hydrogens (tertiary/aromatic N) is 1. The van der Waals surface area contributed by atoms with E-state index in [4.69, 9.17) is 0 Å². The molecule has 1 aromatic carbocycles. The number of hydrogen-bond acceptors (Lipinski definition) is 3. The molecule has 3 rings (SSSR count). The van der Waals surface area contributed by atoms with Crippen LogP contribution in [0.1, 0.15) is 31.7 Å². The Kier molecular flexibility index (Phi) is 4.83. The van der Waals surface area contributed by atoms with Gasteiger partial charge in [0, 0.05) is 36.1 Å². The average Bonchev–Trinajstić information content (AvgIpc) is 2.96. The van der Waals surface area contributed by atoms with E-state index < -0.39 is 12.0 Å². The number of aromatic nitrogens is 1. The summed E-state index contributed by atoms with van der Waals surface area (Å²) in [4.78, 5) is 28.9. The molecule has 25 heavy (non-hydrogen) atoms. The summed E-state index contributed by atoms with van der Waals surface area (Å²) >= 11 is 0. The predicted molar refractivity (Wildman–Crippen MR) is 93.6 cm³/mol. The largest absolute Gasteiger partial charge is 0.508 e. The zero-order valence-electron chi connectivity index (χ0n) is 14.2. The molecule has 1 unspecified atom stereocenters. The van der Waals surface area contributed by atoms with Crippen LogP contribution in [0.15, 0.2) is 24.4 Å². The van der Waals surface area contributed by atoms with Crippen molar-refractivity contribution in [3.05, 3.63) is 30.0 Å². The molecule has 0 aliphatic carbocycles. The van der Waals surface area contributed by atoms with Crippen molar-refractivity contribution in [2.24, 2.45) is 0 Å². The first-order valence-electron chi connectivity index (χ1n) is 8.54. The van der Waals surface area contributed by atoms with Crippen molar-refractivity contribution in [2.45, 2.75) is 44.7 Å². The van der Waals surface area contributed by atoms with Gasteiger partial charge in [0.05, 0.1) is 0 Å². The van der Waals surface area contributed by atoms with Crippen LogP contribution < -0.4 is 5.32 Å². The van der Waals surface area contributed by atoms with Gasteiger partial charge in [0.25, 0.3) is 0 Å². The number of phenols is 1. The number of nitrogens with one attached hydrogen (secondary N) is 2. The highest BCUT2D eigenvalue weighted by Gasteiger charge is 2.28. The predicted octanol–water partition coefficient (Wildman–Crippen LogP) is 2.45. The van der Waals surface area contributed by atoms with Gasteiger partial charge >= 0.3 is 12.0 Å². The van der Waals surface area contributed by atoms with Crippen molar-refractivity contribution in [2.75, 3.05) is 6.54 Å². The summed E-state index contributed by atoms with van der Waals surface area (Å²) in [5.41, 5.74) is 1.55. The number of likely N-dealkylation sites (tertiary alicyclic amines) is 1. The molecule has 2 aromatic rings. The van der Waals surface area contributed by atoms with Gasteiger partial charge in [-0.1, -0.05) is 0 Å². The minimum absolute atomic E-state index is 0.117. The molecule has 1 fully saturated rings. The van der Waals surface area contributed by atoms with E-state index in [9.17, 15) is 19.8 Å². The van der Waals surface area contributed by atoms with Gasteiger partial charge in [0.1, 0.15) is 11.8 Å². The molecule has 0 radical (unpaired) electrons. The molecule has 2 heterocycles. The molecule has 4 N–H and O–H groups in total. The Morgan fingerprint density at radius 2 is 2.20 bits per heavy atom. The number of carboxylic acid groups (broad SMARTS) is 1. The molecule has 7 heteroatoms. The summed E-state index contributed by atoms with van der Waals surface area (Å²) in [6.45, 7) is 2.64. The molecular weight excluding hydrogens is 322 g/mol. The lowest BCUT2D eigenvalue weighted by Crippen LogP contribution is -2.52. The van der Waals surface area contributed by atoms with E-state index >= 15 is 0 Å². The standard InChI is InChI=1S/C18H23N3O4/c1-11-4-2-3-7-21(11)18(25)20-16(17(23)24)8-12-10-19-15-6-5-13(22)9-14(12)15/h5-6,9-11,16,19,22H,2-4,7-8H2,1H3,(H,20,25)(H,23,24)/t11?,16-/m0/s1. The van der Waals surface area contributed by atoms with Crippen LogP contribution in [0.3, 0.4) is 0 Å². The molecule has 2 amide bonds. The van der Waals surface area contributed by atoms with Crippen LogP contribution in [0, 0.1) is 0 Å². The maximum Gasteiger partial charge on any atom is 0.326 e. The number of carbonyl (C=O) groups excluding carboxylic acids is 1. The smallest absolute Gasteiger partial charge is 0.326 e. The molecule has 0 spiro atoms. The average molecular weight is 345 g/mol. The summed E-state index contributed by atoms with van der Waals surface area (Å²) in [5, 5.41) is 22.6. The molecule has 0 saturated carbocycles. The Balaban J connectivity index is 1.75. The number of aliphatic carboxylic acids is 1. The number of urea groups is 1. The number of fused-ring (bicyclic) bond motifs is 1. The van der Waals surface area contributed by atoms with E-state index in [0.29, 0.717) is 6.54 Å². The highest BCUT2D eigenvalue weighted by molar-refractivity contribution is 5.87. The Labute approximate surface area is 145 Å². The second-order valence-corrected chi connectivity index (χ2v) is 6.63. The number of rotatable bonds is 4. The van der Waals surface area contributed by atoms with Gasteiger partial charge in [-0.25, -0.2) is 9.59 Å². The maximum atomic E-state index is 12.5. The number of carbonyl (C=O) groups is 2. The lowest BCUT2D eigenvalue weighted by atomic mass is 10.0. The zero-order chi connectivity index (χ0) is 18.0. The van der Waals surface area contributed by atoms with Crippen molar-refractivity contribution in [1.29, 1.82) is 0 Å². The Bertz CT molecular complexity index is 786. The van der Waals surface area contributed by atoms with E-state index in [-0.39, 0.29) is 24.2 Å². The Morgan fingerprint density at radius 1 is 1.40 bits per heavy atom. The highest BCUT2D eigenvalue weighted by atomic mass is 16.4. The fourth-order valence-corrected chi connectivity index (χ4v) is 3.39. The van der Waals surface area contributed by atoms with Gasteiger partial charge in [-0.05, 0) is 49.9 Å². The number of aromatic hydroxyl groups is 1. The molecule has 1 aliphatic rings. The van der Waals surface area contributed by atoms with Gasteiger partial charge in [0.2, 0.25) is 0 Å². The monoisotopic (exact) mass is 345 g/mol. The lowest BCUT2D eigenvalue weighted by molar-refractivity contribution is -0.139. The number of hydrogen-bond donors (Lipinski definition) is 4. The maximum absolute atomic E-state index is 12.5. The third-order valence-corrected chi connectivity index (χ3v) is 4.83. The molecule has 1 aromatic heterocycles. The van der Waals surface area contributed by atoms with Crippen molar-refractivity contribution >= 4 is 22.9 Å². The van der Waals surface area contributed by atoms with Crippen LogP contribution in [0.4, 0.5) is 4.79 Å². The molecule has 1 aliphatic heterocycles. The van der Waals surface area contributed by atoms with Crippen LogP contribution in [-0.2, 0) is 11.2 Å². The topological polar surface area (TPSA) is 106 Å². The van der Waals surface area contributed by atoms with Crippen molar-refractivity contribution in [1.82, 2.24) is 15.2 Å². The number of amides is 2. The normalized spacial score (nSPS) is 18.9. The van der Waals surface area contributed by atoms with Crippen molar-refractivity contribution < 1.29 is 19.8 Å². The molecule has 1 saturated heterocycles. The third-order valence-electron chi connectivity index (χ3n) is 4.83. The lowest BCUT2D eigenvalue weighted by Gasteiger charge is -2.34. The number of carboxylic acids is 1. The van der Waals surface area contributed by atoms with Crippen LogP contribution >= 0.6 is 0 Å². The van der Waals surface area contributed by atoms with Gasteiger partial charge in [-0.15, -0.1) is 0 Å². The van der Waals surface area contributed by atoms with Crippen LogP contribution in [-0.4, -0.2) is 50.7 Å². The van der Waals surface area contributed by atoms with Gasteiger partial charge < -0.3 is 25.4 Å². The van der Waals surface area contributed by atoms with Crippen LogP contribution in [0.5, 0.6) is 5.75 Å². The van der Waals surface area contributed by atoms with E-state index in [1.165, 1.54) is 0 Å². The summed E-state index contributed by atoms with van der Waals surface area (Å²) in [7, 11) is 0. The second kappa shape index (κ2) is 7.04. The van der Waals surface area contributed by atoms with Gasteiger partial charge in [0.15, 0.2) is 0 Å². The van der Waals surface area contributed by atoms with Crippen molar-refractivity contribution in [3.63, 3.8) is 0 Å². The number of benzene rings is 1. The number of piperidine rings is 1. The zero-order valence-corrected chi connectivity index (χ0v) is 14.2. The quantitative estimate of drug-likeness (QED) is 0.683. The summed E-state index contributed by atoms with van der Waals surface area (Å²) in [5.74, 6) is -0.959. The molecular formula is C18H23N3O4. The summed E-state index contributed by atoms with van der Waals surface area (Å²) in [6.07, 6.45) is 4.83. The van der Waals surface area contributed by atoms with E-state index in [1.807, 2.05) is 6.92 Å². The first-order chi connectivity index (χ1) is 12.0. The van der Waals surface area contributed by atoms with E-state index in [1.54, 1.807) is 29.3 Å². The van der Waals surface area contributed by atoms with E-state index in [2.05, 4.69) is 10.3 Å².